The predicted molar refractivity (Wildman–Crippen MR) is 94.5 cm³/mol. The Balaban J connectivity index is 1.73. The van der Waals surface area contributed by atoms with Crippen LogP contribution in [-0.2, 0) is 4.79 Å². The van der Waals surface area contributed by atoms with Gasteiger partial charge in [-0.3, -0.25) is 9.59 Å². The lowest BCUT2D eigenvalue weighted by molar-refractivity contribution is -0.114. The van der Waals surface area contributed by atoms with Crippen molar-refractivity contribution in [3.8, 4) is 5.69 Å². The van der Waals surface area contributed by atoms with Gasteiger partial charge in [0.25, 0.3) is 5.91 Å². The van der Waals surface area contributed by atoms with Gasteiger partial charge in [0.15, 0.2) is 0 Å². The van der Waals surface area contributed by atoms with Gasteiger partial charge in [-0.05, 0) is 54.6 Å². The van der Waals surface area contributed by atoms with Crippen LogP contribution in [0.3, 0.4) is 0 Å². The summed E-state index contributed by atoms with van der Waals surface area (Å²) in [5.74, 6) is -0.344. The first-order valence-corrected chi connectivity index (χ1v) is 7.54. The summed E-state index contributed by atoms with van der Waals surface area (Å²) in [5, 5.41) is 5.55. The molecule has 0 radical (unpaired) electrons. The highest BCUT2D eigenvalue weighted by atomic mass is 16.2. The Hall–Kier alpha value is -3.34. The minimum Gasteiger partial charge on any atom is -0.326 e. The molecule has 3 rings (SSSR count). The molecule has 24 heavy (non-hydrogen) atoms. The molecule has 0 bridgehead atoms. The van der Waals surface area contributed by atoms with Gasteiger partial charge < -0.3 is 15.2 Å². The van der Waals surface area contributed by atoms with Gasteiger partial charge in [0.1, 0.15) is 0 Å². The van der Waals surface area contributed by atoms with Crippen molar-refractivity contribution in [2.45, 2.75) is 6.92 Å². The topological polar surface area (TPSA) is 63.1 Å². The fourth-order valence-corrected chi connectivity index (χ4v) is 2.36. The quantitative estimate of drug-likeness (QED) is 0.770. The van der Waals surface area contributed by atoms with Gasteiger partial charge in [0.2, 0.25) is 5.91 Å². The molecule has 5 heteroatoms. The minimum atomic E-state index is -0.200. The summed E-state index contributed by atoms with van der Waals surface area (Å²) in [5.41, 5.74) is 2.88. The zero-order valence-electron chi connectivity index (χ0n) is 13.2. The van der Waals surface area contributed by atoms with E-state index < -0.39 is 0 Å². The SMILES string of the molecule is CC(=O)Nc1ccc(C(=O)Nc2cccc(-n3cccc3)c2)cc1. The second kappa shape index (κ2) is 6.83. The van der Waals surface area contributed by atoms with Crippen molar-refractivity contribution in [2.75, 3.05) is 10.6 Å². The van der Waals surface area contributed by atoms with Crippen molar-refractivity contribution in [1.82, 2.24) is 4.57 Å². The van der Waals surface area contributed by atoms with E-state index in [1.165, 1.54) is 6.92 Å². The number of hydrogen-bond donors (Lipinski definition) is 2. The van der Waals surface area contributed by atoms with E-state index in [0.29, 0.717) is 11.3 Å². The Bertz CT molecular complexity index is 853. The fraction of sp³-hybridized carbons (Fsp3) is 0.0526. The molecule has 0 atom stereocenters. The van der Waals surface area contributed by atoms with Gasteiger partial charge in [-0.1, -0.05) is 6.07 Å². The Kier molecular flexibility index (Phi) is 4.43. The maximum atomic E-state index is 12.3. The minimum absolute atomic E-state index is 0.144. The third kappa shape index (κ3) is 3.70. The van der Waals surface area contributed by atoms with Crippen LogP contribution >= 0.6 is 0 Å². The molecule has 0 aliphatic heterocycles. The number of benzene rings is 2. The van der Waals surface area contributed by atoms with Gasteiger partial charge in [-0.25, -0.2) is 0 Å². The van der Waals surface area contributed by atoms with Crippen molar-refractivity contribution in [2.24, 2.45) is 0 Å². The molecular formula is C19H17N3O2. The number of hydrogen-bond acceptors (Lipinski definition) is 2. The van der Waals surface area contributed by atoms with E-state index in [9.17, 15) is 9.59 Å². The molecule has 0 spiro atoms. The normalized spacial score (nSPS) is 10.2. The first kappa shape index (κ1) is 15.6. The number of anilines is 2. The summed E-state index contributed by atoms with van der Waals surface area (Å²) in [6.45, 7) is 1.44. The molecule has 2 aromatic carbocycles. The van der Waals surface area contributed by atoms with Crippen molar-refractivity contribution >= 4 is 23.2 Å². The lowest BCUT2D eigenvalue weighted by atomic mass is 10.2. The molecule has 3 aromatic rings. The summed E-state index contributed by atoms with van der Waals surface area (Å²) >= 11 is 0. The highest BCUT2D eigenvalue weighted by molar-refractivity contribution is 6.04. The molecule has 120 valence electrons. The monoisotopic (exact) mass is 319 g/mol. The van der Waals surface area contributed by atoms with E-state index in [1.54, 1.807) is 24.3 Å². The van der Waals surface area contributed by atoms with Crippen LogP contribution in [0, 0.1) is 0 Å². The predicted octanol–water partition coefficient (Wildman–Crippen LogP) is 3.69. The number of rotatable bonds is 4. The van der Waals surface area contributed by atoms with Crippen molar-refractivity contribution in [1.29, 1.82) is 0 Å². The molecule has 0 fully saturated rings. The standard InChI is InChI=1S/C19H17N3O2/c1-14(23)20-16-9-7-15(8-10-16)19(24)21-17-5-4-6-18(13-17)22-11-2-3-12-22/h2-13H,1H3,(H,20,23)(H,21,24). The van der Waals surface area contributed by atoms with Gasteiger partial charge in [0.05, 0.1) is 0 Å². The van der Waals surface area contributed by atoms with E-state index in [2.05, 4.69) is 10.6 Å². The number of amides is 2. The number of carbonyl (C=O) groups is 2. The Morgan fingerprint density at radius 1 is 0.833 bits per heavy atom. The molecule has 0 aliphatic rings. The first-order chi connectivity index (χ1) is 11.6. The molecule has 0 saturated heterocycles. The van der Waals surface area contributed by atoms with Crippen LogP contribution in [0.4, 0.5) is 11.4 Å². The van der Waals surface area contributed by atoms with E-state index in [-0.39, 0.29) is 11.8 Å². The zero-order valence-corrected chi connectivity index (χ0v) is 13.2. The van der Waals surface area contributed by atoms with Gasteiger partial charge in [-0.15, -0.1) is 0 Å². The highest BCUT2D eigenvalue weighted by Crippen LogP contribution is 2.17. The molecule has 2 N–H and O–H groups in total. The van der Waals surface area contributed by atoms with Gasteiger partial charge in [-0.2, -0.15) is 0 Å². The van der Waals surface area contributed by atoms with E-state index in [4.69, 9.17) is 0 Å². The Labute approximate surface area is 139 Å². The van der Waals surface area contributed by atoms with Crippen LogP contribution in [0.15, 0.2) is 73.1 Å². The largest absolute Gasteiger partial charge is 0.326 e. The van der Waals surface area contributed by atoms with E-state index in [0.717, 1.165) is 11.4 Å². The van der Waals surface area contributed by atoms with E-state index in [1.807, 2.05) is 53.4 Å². The molecule has 1 aromatic heterocycles. The molecule has 0 aliphatic carbocycles. The fourth-order valence-electron chi connectivity index (χ4n) is 2.36. The third-order valence-corrected chi connectivity index (χ3v) is 3.47. The van der Waals surface area contributed by atoms with Crippen molar-refractivity contribution in [3.63, 3.8) is 0 Å². The lowest BCUT2D eigenvalue weighted by Gasteiger charge is -2.09. The molecule has 1 heterocycles. The molecule has 0 saturated carbocycles. The van der Waals surface area contributed by atoms with E-state index >= 15 is 0 Å². The highest BCUT2D eigenvalue weighted by Gasteiger charge is 2.07. The maximum absolute atomic E-state index is 12.3. The number of nitrogens with zero attached hydrogens (tertiary/aromatic N) is 1. The van der Waals surface area contributed by atoms with Gasteiger partial charge >= 0.3 is 0 Å². The summed E-state index contributed by atoms with van der Waals surface area (Å²) in [4.78, 5) is 23.4. The lowest BCUT2D eigenvalue weighted by Crippen LogP contribution is -2.12. The summed E-state index contributed by atoms with van der Waals surface area (Å²) < 4.78 is 1.97. The van der Waals surface area contributed by atoms with Crippen LogP contribution in [0.5, 0.6) is 0 Å². The molecular weight excluding hydrogens is 302 g/mol. The average Bonchev–Trinajstić information content (AvgIpc) is 3.10. The van der Waals surface area contributed by atoms with Crippen LogP contribution < -0.4 is 10.6 Å². The van der Waals surface area contributed by atoms with Crippen molar-refractivity contribution < 1.29 is 9.59 Å². The average molecular weight is 319 g/mol. The molecule has 2 amide bonds. The summed E-state index contributed by atoms with van der Waals surface area (Å²) in [7, 11) is 0. The molecule has 5 nitrogen and oxygen atoms in total. The van der Waals surface area contributed by atoms with Crippen LogP contribution in [0.2, 0.25) is 0 Å². The van der Waals surface area contributed by atoms with Gasteiger partial charge in [0, 0.05) is 41.9 Å². The first-order valence-electron chi connectivity index (χ1n) is 7.54. The maximum Gasteiger partial charge on any atom is 0.255 e. The van der Waals surface area contributed by atoms with Crippen LogP contribution in [0.25, 0.3) is 5.69 Å². The Morgan fingerprint density at radius 2 is 1.54 bits per heavy atom. The second-order valence-corrected chi connectivity index (χ2v) is 5.35. The third-order valence-electron chi connectivity index (χ3n) is 3.47. The number of nitrogens with one attached hydrogen (secondary N) is 2. The number of carbonyl (C=O) groups excluding carboxylic acids is 2. The second-order valence-electron chi connectivity index (χ2n) is 5.35. The smallest absolute Gasteiger partial charge is 0.255 e. The summed E-state index contributed by atoms with van der Waals surface area (Å²) in [6, 6.07) is 18.3. The summed E-state index contributed by atoms with van der Waals surface area (Å²) in [6.07, 6.45) is 3.89. The zero-order chi connectivity index (χ0) is 16.9. The molecule has 0 unspecified atom stereocenters. The van der Waals surface area contributed by atoms with Crippen LogP contribution in [-0.4, -0.2) is 16.4 Å². The Morgan fingerprint density at radius 3 is 2.21 bits per heavy atom. The number of aromatic nitrogens is 1. The van der Waals surface area contributed by atoms with Crippen LogP contribution in [0.1, 0.15) is 17.3 Å². The van der Waals surface area contributed by atoms with Crippen molar-refractivity contribution in [3.05, 3.63) is 78.6 Å².